The summed E-state index contributed by atoms with van der Waals surface area (Å²) in [5.74, 6) is 0.736. The molecule has 8 heteroatoms. The molecular formula is C17H17N5O2S. The van der Waals surface area contributed by atoms with Crippen molar-refractivity contribution in [2.45, 2.75) is 32.6 Å². The molecule has 0 amide bonds. The SMILES string of the molecule is Cc1nnc2n1CC(C(=O)O)N(Cc1cnc(-c3ccccc3)s1)C2. The minimum absolute atomic E-state index is 0.369. The van der Waals surface area contributed by atoms with E-state index in [0.29, 0.717) is 19.6 Å². The Morgan fingerprint density at radius 3 is 2.88 bits per heavy atom. The maximum atomic E-state index is 11.7. The highest BCUT2D eigenvalue weighted by Crippen LogP contribution is 2.27. The minimum Gasteiger partial charge on any atom is -0.480 e. The number of aliphatic carboxylic acids is 1. The van der Waals surface area contributed by atoms with Crippen LogP contribution in [0.2, 0.25) is 0 Å². The zero-order valence-corrected chi connectivity index (χ0v) is 14.5. The fourth-order valence-electron chi connectivity index (χ4n) is 3.05. The molecule has 0 aliphatic carbocycles. The Hall–Kier alpha value is -2.58. The minimum atomic E-state index is -0.827. The first kappa shape index (κ1) is 15.9. The highest BCUT2D eigenvalue weighted by Gasteiger charge is 2.33. The third kappa shape index (κ3) is 3.06. The van der Waals surface area contributed by atoms with Crippen LogP contribution < -0.4 is 0 Å². The van der Waals surface area contributed by atoms with Gasteiger partial charge in [-0.2, -0.15) is 0 Å². The van der Waals surface area contributed by atoms with Gasteiger partial charge in [0.1, 0.15) is 22.7 Å². The van der Waals surface area contributed by atoms with E-state index in [1.165, 1.54) is 0 Å². The Bertz CT molecular complexity index is 905. The van der Waals surface area contributed by atoms with E-state index in [2.05, 4.69) is 15.2 Å². The Kier molecular flexibility index (Phi) is 4.06. The number of carboxylic acids is 1. The molecule has 0 saturated carbocycles. The van der Waals surface area contributed by atoms with Crippen molar-refractivity contribution in [3.05, 3.63) is 53.1 Å². The third-order valence-corrected chi connectivity index (χ3v) is 5.40. The molecule has 1 aliphatic heterocycles. The van der Waals surface area contributed by atoms with Crippen molar-refractivity contribution < 1.29 is 9.90 Å². The molecule has 0 spiro atoms. The van der Waals surface area contributed by atoms with E-state index in [0.717, 1.165) is 27.1 Å². The van der Waals surface area contributed by atoms with Gasteiger partial charge in [0, 0.05) is 23.2 Å². The first-order chi connectivity index (χ1) is 12.1. The molecule has 1 N–H and O–H groups in total. The standard InChI is InChI=1S/C17H17N5O2S/c1-11-19-20-15-10-21(14(17(23)24)9-22(11)15)8-13-7-18-16(25-13)12-5-3-2-4-6-12/h2-7,14H,8-10H2,1H3,(H,23,24). The molecule has 0 saturated heterocycles. The summed E-state index contributed by atoms with van der Waals surface area (Å²) < 4.78 is 1.89. The van der Waals surface area contributed by atoms with Crippen LogP contribution in [0.5, 0.6) is 0 Å². The highest BCUT2D eigenvalue weighted by molar-refractivity contribution is 7.15. The van der Waals surface area contributed by atoms with Crippen molar-refractivity contribution in [2.75, 3.05) is 0 Å². The number of nitrogens with zero attached hydrogens (tertiary/aromatic N) is 5. The second kappa shape index (κ2) is 6.38. The molecule has 7 nitrogen and oxygen atoms in total. The first-order valence-electron chi connectivity index (χ1n) is 7.97. The van der Waals surface area contributed by atoms with Crippen LogP contribution in [-0.4, -0.2) is 41.8 Å². The number of aromatic nitrogens is 4. The van der Waals surface area contributed by atoms with Crippen molar-refractivity contribution in [2.24, 2.45) is 0 Å². The van der Waals surface area contributed by atoms with E-state index in [1.807, 2.05) is 52.9 Å². The summed E-state index contributed by atoms with van der Waals surface area (Å²) in [4.78, 5) is 19.2. The van der Waals surface area contributed by atoms with Crippen LogP contribution in [-0.2, 0) is 24.4 Å². The molecule has 1 aliphatic rings. The van der Waals surface area contributed by atoms with E-state index >= 15 is 0 Å². The molecule has 1 unspecified atom stereocenters. The normalized spacial score (nSPS) is 17.4. The zero-order valence-electron chi connectivity index (χ0n) is 13.7. The van der Waals surface area contributed by atoms with Gasteiger partial charge in [0.25, 0.3) is 0 Å². The van der Waals surface area contributed by atoms with E-state index in [4.69, 9.17) is 0 Å². The van der Waals surface area contributed by atoms with Crippen LogP contribution in [0.4, 0.5) is 0 Å². The zero-order chi connectivity index (χ0) is 17.4. The molecule has 0 fully saturated rings. The predicted octanol–water partition coefficient (Wildman–Crippen LogP) is 2.18. The van der Waals surface area contributed by atoms with Gasteiger partial charge in [0.15, 0.2) is 0 Å². The summed E-state index contributed by atoms with van der Waals surface area (Å²) in [5, 5.41) is 18.8. The fraction of sp³-hybridized carbons (Fsp3) is 0.294. The van der Waals surface area contributed by atoms with Gasteiger partial charge < -0.3 is 9.67 Å². The molecule has 128 valence electrons. The quantitative estimate of drug-likeness (QED) is 0.772. The number of benzene rings is 1. The van der Waals surface area contributed by atoms with E-state index in [9.17, 15) is 9.90 Å². The lowest BCUT2D eigenvalue weighted by Crippen LogP contribution is -2.47. The lowest BCUT2D eigenvalue weighted by Gasteiger charge is -2.32. The van der Waals surface area contributed by atoms with Gasteiger partial charge in [0.05, 0.1) is 13.1 Å². The summed E-state index contributed by atoms with van der Waals surface area (Å²) in [6.07, 6.45) is 1.83. The molecule has 4 rings (SSSR count). The Labute approximate surface area is 148 Å². The van der Waals surface area contributed by atoms with Gasteiger partial charge in [-0.3, -0.25) is 9.69 Å². The van der Waals surface area contributed by atoms with Crippen molar-refractivity contribution in [1.29, 1.82) is 0 Å². The van der Waals surface area contributed by atoms with Crippen molar-refractivity contribution >= 4 is 17.3 Å². The van der Waals surface area contributed by atoms with E-state index in [-0.39, 0.29) is 0 Å². The van der Waals surface area contributed by atoms with Crippen molar-refractivity contribution in [1.82, 2.24) is 24.6 Å². The number of carboxylic acid groups (broad SMARTS) is 1. The Morgan fingerprint density at radius 2 is 2.12 bits per heavy atom. The number of thiazole rings is 1. The lowest BCUT2D eigenvalue weighted by atomic mass is 10.2. The van der Waals surface area contributed by atoms with Crippen LogP contribution >= 0.6 is 11.3 Å². The molecule has 0 bridgehead atoms. The monoisotopic (exact) mass is 355 g/mol. The summed E-state index contributed by atoms with van der Waals surface area (Å²) >= 11 is 1.59. The van der Waals surface area contributed by atoms with E-state index in [1.54, 1.807) is 11.3 Å². The van der Waals surface area contributed by atoms with Gasteiger partial charge in [-0.05, 0) is 6.92 Å². The number of hydrogen-bond acceptors (Lipinski definition) is 6. The summed E-state index contributed by atoms with van der Waals surface area (Å²) in [7, 11) is 0. The van der Waals surface area contributed by atoms with E-state index < -0.39 is 12.0 Å². The number of aryl methyl sites for hydroxylation is 1. The first-order valence-corrected chi connectivity index (χ1v) is 8.79. The fourth-order valence-corrected chi connectivity index (χ4v) is 4.00. The maximum Gasteiger partial charge on any atom is 0.322 e. The Morgan fingerprint density at radius 1 is 1.32 bits per heavy atom. The van der Waals surface area contributed by atoms with Crippen LogP contribution in [0.25, 0.3) is 10.6 Å². The number of rotatable bonds is 4. The summed E-state index contributed by atoms with van der Waals surface area (Å²) in [5.41, 5.74) is 1.07. The topological polar surface area (TPSA) is 84.1 Å². The molecule has 3 aromatic rings. The van der Waals surface area contributed by atoms with Crippen molar-refractivity contribution in [3.63, 3.8) is 0 Å². The molecule has 25 heavy (non-hydrogen) atoms. The van der Waals surface area contributed by atoms with Crippen LogP contribution in [0, 0.1) is 6.92 Å². The molecular weight excluding hydrogens is 338 g/mol. The summed E-state index contributed by atoms with van der Waals surface area (Å²) in [6.45, 7) is 3.22. The largest absolute Gasteiger partial charge is 0.480 e. The number of hydrogen-bond donors (Lipinski definition) is 1. The molecule has 1 atom stereocenters. The highest BCUT2D eigenvalue weighted by atomic mass is 32.1. The van der Waals surface area contributed by atoms with Gasteiger partial charge >= 0.3 is 5.97 Å². The second-order valence-corrected chi connectivity index (χ2v) is 7.15. The Balaban J connectivity index is 1.57. The van der Waals surface area contributed by atoms with Crippen LogP contribution in [0.3, 0.4) is 0 Å². The van der Waals surface area contributed by atoms with Gasteiger partial charge in [0.2, 0.25) is 0 Å². The second-order valence-electron chi connectivity index (χ2n) is 6.03. The predicted molar refractivity (Wildman–Crippen MR) is 93.0 cm³/mol. The molecule has 3 heterocycles. The van der Waals surface area contributed by atoms with Crippen LogP contribution in [0.15, 0.2) is 36.5 Å². The molecule has 1 aromatic carbocycles. The van der Waals surface area contributed by atoms with Gasteiger partial charge in [-0.15, -0.1) is 21.5 Å². The van der Waals surface area contributed by atoms with Crippen molar-refractivity contribution in [3.8, 4) is 10.6 Å². The van der Waals surface area contributed by atoms with Gasteiger partial charge in [-0.25, -0.2) is 4.98 Å². The molecule has 2 aromatic heterocycles. The van der Waals surface area contributed by atoms with Gasteiger partial charge in [-0.1, -0.05) is 30.3 Å². The van der Waals surface area contributed by atoms with Crippen LogP contribution in [0.1, 0.15) is 16.5 Å². The maximum absolute atomic E-state index is 11.7. The molecule has 0 radical (unpaired) electrons. The average Bonchev–Trinajstić information content (AvgIpc) is 3.22. The average molecular weight is 355 g/mol. The third-order valence-electron chi connectivity index (χ3n) is 4.37. The smallest absolute Gasteiger partial charge is 0.322 e. The number of carbonyl (C=O) groups is 1. The summed E-state index contributed by atoms with van der Waals surface area (Å²) in [6, 6.07) is 9.39. The number of fused-ring (bicyclic) bond motifs is 1. The lowest BCUT2D eigenvalue weighted by molar-refractivity contribution is -0.145.